The van der Waals surface area contributed by atoms with Crippen LogP contribution in [-0.2, 0) is 13.1 Å². The predicted octanol–water partition coefficient (Wildman–Crippen LogP) is 4.07. The molecule has 96 valence electrons. The van der Waals surface area contributed by atoms with Crippen molar-refractivity contribution in [2.75, 3.05) is 5.32 Å². The summed E-state index contributed by atoms with van der Waals surface area (Å²) in [6, 6.07) is 5.48. The summed E-state index contributed by atoms with van der Waals surface area (Å²) >= 11 is 8.62. The molecule has 0 aliphatic heterocycles. The van der Waals surface area contributed by atoms with Crippen molar-refractivity contribution in [1.29, 1.82) is 0 Å². The maximum atomic E-state index is 11.4. The Balaban J connectivity index is 2.08. The van der Waals surface area contributed by atoms with E-state index in [4.69, 9.17) is 0 Å². The first-order valence-electron chi connectivity index (χ1n) is 5.48. The lowest BCUT2D eigenvalue weighted by Gasteiger charge is -2.07. The quantitative estimate of drug-likeness (QED) is 0.852. The first-order valence-corrected chi connectivity index (χ1v) is 7.88. The van der Waals surface area contributed by atoms with Crippen LogP contribution < -0.4 is 10.9 Å². The molecule has 0 atom stereocenters. The summed E-state index contributed by atoms with van der Waals surface area (Å²) in [5.74, 6) is 0. The fraction of sp³-hybridized carbons (Fsp3) is 0.250. The average Bonchev–Trinajstić information content (AvgIpc) is 2.68. The van der Waals surface area contributed by atoms with E-state index in [-0.39, 0.29) is 5.56 Å². The lowest BCUT2D eigenvalue weighted by molar-refractivity contribution is 0.728. The second kappa shape index (κ2) is 6.04. The molecule has 0 fully saturated rings. The Morgan fingerprint density at radius 1 is 1.39 bits per heavy atom. The number of halogens is 2. The van der Waals surface area contributed by atoms with Crippen molar-refractivity contribution < 1.29 is 0 Å². The molecule has 2 heterocycles. The zero-order valence-electron chi connectivity index (χ0n) is 9.74. The lowest BCUT2D eigenvalue weighted by atomic mass is 10.4. The molecule has 0 amide bonds. The van der Waals surface area contributed by atoms with E-state index in [1.54, 1.807) is 22.0 Å². The molecule has 6 heteroatoms. The molecule has 0 aliphatic rings. The fourth-order valence-electron chi connectivity index (χ4n) is 1.55. The summed E-state index contributed by atoms with van der Waals surface area (Å²) in [7, 11) is 0. The maximum Gasteiger partial charge on any atom is 0.250 e. The number of anilines is 1. The van der Waals surface area contributed by atoms with Crippen molar-refractivity contribution in [3.63, 3.8) is 0 Å². The van der Waals surface area contributed by atoms with Crippen molar-refractivity contribution in [3.8, 4) is 0 Å². The fourth-order valence-corrected chi connectivity index (χ4v) is 3.67. The van der Waals surface area contributed by atoms with Gasteiger partial charge in [0.15, 0.2) is 0 Å². The van der Waals surface area contributed by atoms with Gasteiger partial charge in [-0.3, -0.25) is 4.79 Å². The number of aromatic nitrogens is 1. The standard InChI is InChI=1S/C12H12Br2N2OS/c1-2-16-7-8(3-4-11(16)17)15-6-9-5-10(13)12(14)18-9/h3-5,7,15H,2,6H2,1H3. The van der Waals surface area contributed by atoms with Crippen LogP contribution >= 0.6 is 43.2 Å². The molecule has 2 rings (SSSR count). The van der Waals surface area contributed by atoms with Gasteiger partial charge in [-0.1, -0.05) is 0 Å². The molecule has 0 saturated heterocycles. The van der Waals surface area contributed by atoms with Crippen LogP contribution in [0.2, 0.25) is 0 Å². The number of nitrogens with one attached hydrogen (secondary N) is 1. The minimum absolute atomic E-state index is 0.0321. The third kappa shape index (κ3) is 3.24. The molecular formula is C12H12Br2N2OS. The minimum atomic E-state index is 0.0321. The van der Waals surface area contributed by atoms with Gasteiger partial charge < -0.3 is 9.88 Å². The minimum Gasteiger partial charge on any atom is -0.379 e. The largest absolute Gasteiger partial charge is 0.379 e. The van der Waals surface area contributed by atoms with Crippen molar-refractivity contribution >= 4 is 48.9 Å². The second-order valence-electron chi connectivity index (χ2n) is 3.73. The molecule has 0 radical (unpaired) electrons. The highest BCUT2D eigenvalue weighted by molar-refractivity contribution is 9.13. The summed E-state index contributed by atoms with van der Waals surface area (Å²) in [5.41, 5.74) is 0.988. The van der Waals surface area contributed by atoms with E-state index in [1.165, 1.54) is 4.88 Å². The van der Waals surface area contributed by atoms with Crippen molar-refractivity contribution in [1.82, 2.24) is 4.57 Å². The zero-order chi connectivity index (χ0) is 13.1. The van der Waals surface area contributed by atoms with Crippen LogP contribution in [0.4, 0.5) is 5.69 Å². The lowest BCUT2D eigenvalue weighted by Crippen LogP contribution is -2.17. The highest BCUT2D eigenvalue weighted by atomic mass is 79.9. The van der Waals surface area contributed by atoms with Gasteiger partial charge in [0.1, 0.15) is 0 Å². The Morgan fingerprint density at radius 2 is 2.17 bits per heavy atom. The van der Waals surface area contributed by atoms with Crippen LogP contribution in [0.15, 0.2) is 37.4 Å². The summed E-state index contributed by atoms with van der Waals surface area (Å²) in [6.07, 6.45) is 1.85. The topological polar surface area (TPSA) is 34.0 Å². The van der Waals surface area contributed by atoms with Gasteiger partial charge in [-0.25, -0.2) is 0 Å². The predicted molar refractivity (Wildman–Crippen MR) is 83.4 cm³/mol. The molecule has 2 aromatic rings. The van der Waals surface area contributed by atoms with Crippen LogP contribution in [0.1, 0.15) is 11.8 Å². The molecule has 0 spiro atoms. The van der Waals surface area contributed by atoms with Crippen molar-refractivity contribution in [2.24, 2.45) is 0 Å². The van der Waals surface area contributed by atoms with Gasteiger partial charge >= 0.3 is 0 Å². The molecule has 0 unspecified atom stereocenters. The first-order chi connectivity index (χ1) is 8.60. The van der Waals surface area contributed by atoms with Gasteiger partial charge in [0.05, 0.1) is 9.47 Å². The molecule has 2 aromatic heterocycles. The molecule has 0 bridgehead atoms. The number of pyridine rings is 1. The Morgan fingerprint density at radius 3 is 2.78 bits per heavy atom. The van der Waals surface area contributed by atoms with E-state index >= 15 is 0 Å². The Labute approximate surface area is 126 Å². The third-order valence-corrected chi connectivity index (χ3v) is 5.74. The van der Waals surface area contributed by atoms with E-state index < -0.39 is 0 Å². The van der Waals surface area contributed by atoms with E-state index in [0.717, 1.165) is 20.5 Å². The van der Waals surface area contributed by atoms with Gasteiger partial charge in [0.25, 0.3) is 5.56 Å². The smallest absolute Gasteiger partial charge is 0.250 e. The number of nitrogens with zero attached hydrogens (tertiary/aromatic N) is 1. The van der Waals surface area contributed by atoms with Gasteiger partial charge in [-0.15, -0.1) is 11.3 Å². The molecular weight excluding hydrogens is 380 g/mol. The number of hydrogen-bond donors (Lipinski definition) is 1. The number of thiophene rings is 1. The monoisotopic (exact) mass is 390 g/mol. The van der Waals surface area contributed by atoms with Gasteiger partial charge in [0, 0.05) is 34.7 Å². The molecule has 0 aliphatic carbocycles. The molecule has 3 nitrogen and oxygen atoms in total. The Bertz CT molecular complexity index is 587. The van der Waals surface area contributed by atoms with Crippen molar-refractivity contribution in [2.45, 2.75) is 20.0 Å². The summed E-state index contributed by atoms with van der Waals surface area (Å²) in [4.78, 5) is 12.7. The number of aryl methyl sites for hydroxylation is 1. The second-order valence-corrected chi connectivity index (χ2v) is 7.04. The van der Waals surface area contributed by atoms with E-state index in [1.807, 2.05) is 19.2 Å². The highest BCUT2D eigenvalue weighted by Gasteiger charge is 2.04. The van der Waals surface area contributed by atoms with E-state index in [9.17, 15) is 4.79 Å². The summed E-state index contributed by atoms with van der Waals surface area (Å²) in [6.45, 7) is 3.39. The van der Waals surface area contributed by atoms with Crippen LogP contribution in [0.5, 0.6) is 0 Å². The van der Waals surface area contributed by atoms with E-state index in [0.29, 0.717) is 6.54 Å². The Hall–Kier alpha value is -0.590. The first kappa shape index (κ1) is 13.8. The molecule has 0 saturated carbocycles. The maximum absolute atomic E-state index is 11.4. The summed E-state index contributed by atoms with van der Waals surface area (Å²) < 4.78 is 3.85. The van der Waals surface area contributed by atoms with Crippen LogP contribution in [-0.4, -0.2) is 4.57 Å². The zero-order valence-corrected chi connectivity index (χ0v) is 13.7. The van der Waals surface area contributed by atoms with Crippen LogP contribution in [0, 0.1) is 0 Å². The normalized spacial score (nSPS) is 10.6. The summed E-state index contributed by atoms with van der Waals surface area (Å²) in [5, 5.41) is 3.31. The number of rotatable bonds is 4. The van der Waals surface area contributed by atoms with Crippen LogP contribution in [0.25, 0.3) is 0 Å². The van der Waals surface area contributed by atoms with Crippen molar-refractivity contribution in [3.05, 3.63) is 47.9 Å². The Kier molecular flexibility index (Phi) is 4.64. The molecule has 0 aromatic carbocycles. The highest BCUT2D eigenvalue weighted by Crippen LogP contribution is 2.32. The molecule has 1 N–H and O–H groups in total. The molecule has 18 heavy (non-hydrogen) atoms. The third-order valence-electron chi connectivity index (χ3n) is 2.49. The van der Waals surface area contributed by atoms with E-state index in [2.05, 4.69) is 43.2 Å². The SMILES string of the molecule is CCn1cc(NCc2cc(Br)c(Br)s2)ccc1=O. The van der Waals surface area contributed by atoms with Gasteiger partial charge in [-0.05, 0) is 50.9 Å². The van der Waals surface area contributed by atoms with Crippen LogP contribution in [0.3, 0.4) is 0 Å². The number of hydrogen-bond acceptors (Lipinski definition) is 3. The van der Waals surface area contributed by atoms with Gasteiger partial charge in [-0.2, -0.15) is 0 Å². The van der Waals surface area contributed by atoms with Gasteiger partial charge in [0.2, 0.25) is 0 Å². The average molecular weight is 392 g/mol.